The number of carbonyl (C=O) groups is 1. The van der Waals surface area contributed by atoms with Crippen molar-refractivity contribution in [3.05, 3.63) is 65.0 Å². The number of aromatic nitrogens is 1. The van der Waals surface area contributed by atoms with Gasteiger partial charge in [-0.05, 0) is 43.2 Å². The number of aryl methyl sites for hydroxylation is 1. The van der Waals surface area contributed by atoms with E-state index in [0.29, 0.717) is 12.0 Å². The van der Waals surface area contributed by atoms with Gasteiger partial charge in [0.2, 0.25) is 0 Å². The minimum Gasteiger partial charge on any atom is -0.454 e. The second-order valence-electron chi connectivity index (χ2n) is 5.14. The van der Waals surface area contributed by atoms with E-state index in [1.54, 1.807) is 31.2 Å². The molecule has 0 fully saturated rings. The molecule has 0 radical (unpaired) electrons. The van der Waals surface area contributed by atoms with Gasteiger partial charge in [-0.3, -0.25) is 4.98 Å². The van der Waals surface area contributed by atoms with Crippen LogP contribution in [-0.4, -0.2) is 11.0 Å². The van der Waals surface area contributed by atoms with Crippen molar-refractivity contribution in [3.8, 4) is 0 Å². The second-order valence-corrected chi connectivity index (χ2v) is 5.14. The quantitative estimate of drug-likeness (QED) is 0.765. The Morgan fingerprint density at radius 2 is 1.87 bits per heavy atom. The molecule has 0 aliphatic carbocycles. The normalized spacial score (nSPS) is 12.7. The van der Waals surface area contributed by atoms with Crippen LogP contribution in [0.4, 0.5) is 13.2 Å². The van der Waals surface area contributed by atoms with Crippen molar-refractivity contribution in [1.82, 2.24) is 4.98 Å². The van der Waals surface area contributed by atoms with Gasteiger partial charge in [0, 0.05) is 6.20 Å². The first-order valence-corrected chi connectivity index (χ1v) is 7.12. The Kier molecular flexibility index (Phi) is 5.03. The van der Waals surface area contributed by atoms with Crippen molar-refractivity contribution in [2.75, 3.05) is 0 Å². The highest BCUT2D eigenvalue weighted by Gasteiger charge is 2.33. The molecular formula is C17H16F3NO2. The zero-order valence-corrected chi connectivity index (χ0v) is 12.7. The summed E-state index contributed by atoms with van der Waals surface area (Å²) in [6.07, 6.45) is -3.86. The van der Waals surface area contributed by atoms with E-state index in [1.165, 1.54) is 6.07 Å². The van der Waals surface area contributed by atoms with E-state index in [1.807, 2.05) is 6.92 Å². The molecule has 0 bridgehead atoms. The first-order chi connectivity index (χ1) is 10.8. The first kappa shape index (κ1) is 17.0. The maximum atomic E-state index is 12.7. The third kappa shape index (κ3) is 4.31. The molecule has 3 nitrogen and oxygen atoms in total. The predicted molar refractivity (Wildman–Crippen MR) is 78.9 cm³/mol. The van der Waals surface area contributed by atoms with Crippen molar-refractivity contribution in [3.63, 3.8) is 0 Å². The number of hydrogen-bond donors (Lipinski definition) is 0. The Balaban J connectivity index is 2.20. The van der Waals surface area contributed by atoms with Crippen molar-refractivity contribution >= 4 is 5.97 Å². The maximum Gasteiger partial charge on any atom is 0.433 e. The highest BCUT2D eigenvalue weighted by molar-refractivity contribution is 5.89. The zero-order chi connectivity index (χ0) is 17.0. The molecule has 1 heterocycles. The van der Waals surface area contributed by atoms with Crippen LogP contribution in [0.3, 0.4) is 0 Å². The lowest BCUT2D eigenvalue weighted by Gasteiger charge is -2.17. The third-order valence-corrected chi connectivity index (χ3v) is 3.35. The van der Waals surface area contributed by atoms with Crippen LogP contribution in [0.5, 0.6) is 0 Å². The number of halogens is 3. The molecule has 2 aromatic rings. The fourth-order valence-corrected chi connectivity index (χ4v) is 2.08. The summed E-state index contributed by atoms with van der Waals surface area (Å²) in [5.41, 5.74) is 0.631. The summed E-state index contributed by atoms with van der Waals surface area (Å²) in [4.78, 5) is 15.4. The summed E-state index contributed by atoms with van der Waals surface area (Å²) < 4.78 is 43.5. The van der Waals surface area contributed by atoms with E-state index in [9.17, 15) is 18.0 Å². The smallest absolute Gasteiger partial charge is 0.433 e. The number of ether oxygens (including phenoxy) is 1. The van der Waals surface area contributed by atoms with Crippen LogP contribution in [0.1, 0.15) is 46.6 Å². The number of hydrogen-bond acceptors (Lipinski definition) is 3. The highest BCUT2D eigenvalue weighted by atomic mass is 19.4. The number of carbonyl (C=O) groups excluding carboxylic acids is 1. The second kappa shape index (κ2) is 6.81. The molecule has 0 amide bonds. The third-order valence-electron chi connectivity index (χ3n) is 3.35. The van der Waals surface area contributed by atoms with Gasteiger partial charge < -0.3 is 4.74 Å². The first-order valence-electron chi connectivity index (χ1n) is 7.12. The molecule has 0 aliphatic heterocycles. The molecular weight excluding hydrogens is 307 g/mol. The Hall–Kier alpha value is -2.37. The predicted octanol–water partition coefficient (Wildman–Crippen LogP) is 4.72. The van der Waals surface area contributed by atoms with Crippen LogP contribution in [0.25, 0.3) is 0 Å². The van der Waals surface area contributed by atoms with Crippen LogP contribution in [0.2, 0.25) is 0 Å². The summed E-state index contributed by atoms with van der Waals surface area (Å²) in [5.74, 6) is -0.567. The molecule has 0 spiro atoms. The van der Waals surface area contributed by atoms with Crippen LogP contribution in [0, 0.1) is 6.92 Å². The van der Waals surface area contributed by atoms with Crippen molar-refractivity contribution in [1.29, 1.82) is 0 Å². The molecule has 0 N–H and O–H groups in total. The average Bonchev–Trinajstić information content (AvgIpc) is 2.52. The van der Waals surface area contributed by atoms with Crippen molar-refractivity contribution < 1.29 is 22.7 Å². The van der Waals surface area contributed by atoms with Crippen LogP contribution >= 0.6 is 0 Å². The average molecular weight is 323 g/mol. The van der Waals surface area contributed by atoms with Crippen LogP contribution < -0.4 is 0 Å². The van der Waals surface area contributed by atoms with E-state index in [0.717, 1.165) is 17.8 Å². The van der Waals surface area contributed by atoms with Crippen molar-refractivity contribution in [2.45, 2.75) is 32.5 Å². The largest absolute Gasteiger partial charge is 0.454 e. The molecule has 2 rings (SSSR count). The Morgan fingerprint density at radius 1 is 1.22 bits per heavy atom. The van der Waals surface area contributed by atoms with Crippen LogP contribution in [-0.2, 0) is 10.9 Å². The minimum atomic E-state index is -4.53. The Labute approximate surface area is 132 Å². The molecule has 6 heteroatoms. The Bertz CT molecular complexity index is 681. The molecule has 1 atom stereocenters. The summed E-state index contributed by atoms with van der Waals surface area (Å²) in [7, 11) is 0. The molecule has 122 valence electrons. The van der Waals surface area contributed by atoms with Gasteiger partial charge in [0.25, 0.3) is 0 Å². The lowest BCUT2D eigenvalue weighted by atomic mass is 10.1. The number of benzene rings is 1. The molecule has 0 saturated heterocycles. The van der Waals surface area contributed by atoms with E-state index < -0.39 is 23.9 Å². The lowest BCUT2D eigenvalue weighted by molar-refractivity contribution is -0.141. The van der Waals surface area contributed by atoms with E-state index in [2.05, 4.69) is 4.98 Å². The van der Waals surface area contributed by atoms with E-state index >= 15 is 0 Å². The van der Waals surface area contributed by atoms with Gasteiger partial charge in [-0.2, -0.15) is 13.2 Å². The van der Waals surface area contributed by atoms with Gasteiger partial charge in [0.05, 0.1) is 5.56 Å². The van der Waals surface area contributed by atoms with Gasteiger partial charge in [-0.25, -0.2) is 4.79 Å². The maximum absolute atomic E-state index is 12.7. The van der Waals surface area contributed by atoms with E-state index in [4.69, 9.17) is 4.74 Å². The summed E-state index contributed by atoms with van der Waals surface area (Å²) >= 11 is 0. The summed E-state index contributed by atoms with van der Waals surface area (Å²) in [5, 5.41) is 0. The highest BCUT2D eigenvalue weighted by Crippen LogP contribution is 2.30. The Morgan fingerprint density at radius 3 is 2.43 bits per heavy atom. The molecule has 0 unspecified atom stereocenters. The number of rotatable bonds is 4. The summed E-state index contributed by atoms with van der Waals surface area (Å²) in [6.45, 7) is 3.63. The number of alkyl halides is 3. The molecule has 1 aromatic heterocycles. The topological polar surface area (TPSA) is 39.2 Å². The van der Waals surface area contributed by atoms with E-state index in [-0.39, 0.29) is 5.56 Å². The fourth-order valence-electron chi connectivity index (χ4n) is 2.08. The van der Waals surface area contributed by atoms with Gasteiger partial charge in [-0.15, -0.1) is 0 Å². The van der Waals surface area contributed by atoms with Gasteiger partial charge in [-0.1, -0.05) is 24.6 Å². The summed E-state index contributed by atoms with van der Waals surface area (Å²) in [6, 6.07) is 9.12. The molecule has 23 heavy (non-hydrogen) atoms. The number of pyridine rings is 1. The fraction of sp³-hybridized carbons (Fsp3) is 0.294. The van der Waals surface area contributed by atoms with Gasteiger partial charge in [0.1, 0.15) is 11.8 Å². The molecule has 1 aromatic carbocycles. The molecule has 0 aliphatic rings. The zero-order valence-electron chi connectivity index (χ0n) is 12.7. The number of nitrogens with zero attached hydrogens (tertiary/aromatic N) is 1. The minimum absolute atomic E-state index is 0.273. The van der Waals surface area contributed by atoms with Gasteiger partial charge in [0.15, 0.2) is 0 Å². The SMILES string of the molecule is CC[C@H](OC(=O)c1ccc(C)cc1)c1ccnc(C(F)(F)F)c1. The monoisotopic (exact) mass is 323 g/mol. The molecule has 0 saturated carbocycles. The van der Waals surface area contributed by atoms with Crippen molar-refractivity contribution in [2.24, 2.45) is 0 Å². The lowest BCUT2D eigenvalue weighted by Crippen LogP contribution is -2.13. The standard InChI is InChI=1S/C17H16F3NO2/c1-3-14(13-8-9-21-15(10-13)17(18,19)20)23-16(22)12-6-4-11(2)5-7-12/h4-10,14H,3H2,1-2H3/t14-/m0/s1. The van der Waals surface area contributed by atoms with Gasteiger partial charge >= 0.3 is 12.1 Å². The van der Waals surface area contributed by atoms with Crippen LogP contribution in [0.15, 0.2) is 42.6 Å². The number of esters is 1.